The molecule has 0 saturated heterocycles. The first-order valence-corrected chi connectivity index (χ1v) is 7.47. The van der Waals surface area contributed by atoms with E-state index in [4.69, 9.17) is 0 Å². The number of hydrogen-bond acceptors (Lipinski definition) is 4. The highest BCUT2D eigenvalue weighted by atomic mass is 16.2. The number of nitrogens with one attached hydrogen (secondary N) is 1. The molecular formula is C14H21N5O. The molecule has 0 atom stereocenters. The summed E-state index contributed by atoms with van der Waals surface area (Å²) in [6.07, 6.45) is 12.4. The normalized spacial score (nSPS) is 16.8. The molecule has 20 heavy (non-hydrogen) atoms. The Morgan fingerprint density at radius 2 is 2.15 bits per heavy atom. The second-order valence-electron chi connectivity index (χ2n) is 5.45. The van der Waals surface area contributed by atoms with Crippen LogP contribution in [0, 0.1) is 0 Å². The Bertz CT molecular complexity index is 611. The molecule has 0 unspecified atom stereocenters. The Kier molecular flexibility index (Phi) is 4.11. The summed E-state index contributed by atoms with van der Waals surface area (Å²) < 4.78 is 3.06. The summed E-state index contributed by atoms with van der Waals surface area (Å²) >= 11 is 0. The second-order valence-corrected chi connectivity index (χ2v) is 5.45. The smallest absolute Gasteiger partial charge is 0.314 e. The molecule has 0 amide bonds. The lowest BCUT2D eigenvalue weighted by atomic mass is 9.95. The molecular weight excluding hydrogens is 254 g/mol. The lowest BCUT2D eigenvalue weighted by Crippen LogP contribution is -2.32. The van der Waals surface area contributed by atoms with Crippen molar-refractivity contribution in [3.8, 4) is 0 Å². The van der Waals surface area contributed by atoms with E-state index in [0.717, 1.165) is 13.0 Å². The highest BCUT2D eigenvalue weighted by Gasteiger charge is 2.12. The van der Waals surface area contributed by atoms with Crippen molar-refractivity contribution >= 4 is 5.65 Å². The third-order valence-corrected chi connectivity index (χ3v) is 3.97. The molecule has 0 aliphatic heterocycles. The van der Waals surface area contributed by atoms with E-state index in [0.29, 0.717) is 18.2 Å². The van der Waals surface area contributed by atoms with Gasteiger partial charge < -0.3 is 5.32 Å². The number of aryl methyl sites for hydroxylation is 1. The fraction of sp³-hybridized carbons (Fsp3) is 0.643. The molecule has 1 aliphatic carbocycles. The van der Waals surface area contributed by atoms with E-state index >= 15 is 0 Å². The molecule has 6 nitrogen and oxygen atoms in total. The lowest BCUT2D eigenvalue weighted by molar-refractivity contribution is 0.366. The maximum absolute atomic E-state index is 12.0. The van der Waals surface area contributed by atoms with Crippen molar-refractivity contribution in [3.05, 3.63) is 29.1 Å². The number of fused-ring (bicyclic) bond motifs is 1. The van der Waals surface area contributed by atoms with E-state index in [1.54, 1.807) is 18.6 Å². The van der Waals surface area contributed by atoms with E-state index in [1.165, 1.54) is 41.2 Å². The van der Waals surface area contributed by atoms with Crippen LogP contribution in [0.4, 0.5) is 0 Å². The molecule has 2 aromatic rings. The highest BCUT2D eigenvalue weighted by Crippen LogP contribution is 2.17. The van der Waals surface area contributed by atoms with Gasteiger partial charge in [0.15, 0.2) is 5.65 Å². The number of aromatic nitrogens is 4. The van der Waals surface area contributed by atoms with Gasteiger partial charge in [0.05, 0.1) is 6.20 Å². The molecule has 0 bridgehead atoms. The van der Waals surface area contributed by atoms with Crippen molar-refractivity contribution < 1.29 is 0 Å². The van der Waals surface area contributed by atoms with Crippen molar-refractivity contribution in [2.75, 3.05) is 6.54 Å². The van der Waals surface area contributed by atoms with Crippen LogP contribution in [-0.2, 0) is 6.54 Å². The Hall–Kier alpha value is -1.69. The number of nitrogens with zero attached hydrogens (tertiary/aromatic N) is 4. The lowest BCUT2D eigenvalue weighted by Gasteiger charge is -2.22. The molecule has 1 fully saturated rings. The highest BCUT2D eigenvalue weighted by molar-refractivity contribution is 5.31. The Balaban J connectivity index is 1.52. The molecule has 3 rings (SSSR count). The average Bonchev–Trinajstić information content (AvgIpc) is 2.82. The van der Waals surface area contributed by atoms with Gasteiger partial charge in [-0.05, 0) is 25.8 Å². The van der Waals surface area contributed by atoms with Gasteiger partial charge in [-0.15, -0.1) is 5.10 Å². The fourth-order valence-corrected chi connectivity index (χ4v) is 2.87. The van der Waals surface area contributed by atoms with E-state index in [1.807, 2.05) is 0 Å². The Morgan fingerprint density at radius 1 is 1.30 bits per heavy atom. The Morgan fingerprint density at radius 3 is 2.95 bits per heavy atom. The van der Waals surface area contributed by atoms with Gasteiger partial charge in [-0.1, -0.05) is 19.3 Å². The summed E-state index contributed by atoms with van der Waals surface area (Å²) in [5, 5.41) is 7.86. The molecule has 0 radical (unpaired) electrons. The zero-order valence-electron chi connectivity index (χ0n) is 11.7. The van der Waals surface area contributed by atoms with Crippen molar-refractivity contribution in [3.63, 3.8) is 0 Å². The van der Waals surface area contributed by atoms with Gasteiger partial charge in [0, 0.05) is 25.0 Å². The molecule has 0 aromatic carbocycles. The zero-order valence-corrected chi connectivity index (χ0v) is 11.7. The minimum absolute atomic E-state index is 0.0833. The van der Waals surface area contributed by atoms with Crippen molar-refractivity contribution in [1.82, 2.24) is 24.5 Å². The standard InChI is InChI=1S/C14H21N5O/c20-14-18-10-8-15-11-13(18)17-19(14)9-4-7-16-12-5-2-1-3-6-12/h8,10-12,16H,1-7,9H2. The van der Waals surface area contributed by atoms with Gasteiger partial charge in [-0.2, -0.15) is 0 Å². The minimum atomic E-state index is -0.0833. The van der Waals surface area contributed by atoms with E-state index in [2.05, 4.69) is 15.4 Å². The molecule has 0 spiro atoms. The van der Waals surface area contributed by atoms with Gasteiger partial charge in [-0.25, -0.2) is 13.9 Å². The quantitative estimate of drug-likeness (QED) is 0.833. The van der Waals surface area contributed by atoms with Crippen LogP contribution >= 0.6 is 0 Å². The third kappa shape index (κ3) is 2.90. The predicted molar refractivity (Wildman–Crippen MR) is 76.7 cm³/mol. The molecule has 1 N–H and O–H groups in total. The SMILES string of the molecule is O=c1n(CCCNC2CCCCC2)nc2cnccn12. The van der Waals surface area contributed by atoms with E-state index in [9.17, 15) is 4.79 Å². The third-order valence-electron chi connectivity index (χ3n) is 3.97. The van der Waals surface area contributed by atoms with Crippen LogP contribution in [0.1, 0.15) is 38.5 Å². The summed E-state index contributed by atoms with van der Waals surface area (Å²) in [6.45, 7) is 1.60. The van der Waals surface area contributed by atoms with Gasteiger partial charge in [-0.3, -0.25) is 4.98 Å². The van der Waals surface area contributed by atoms with Crippen LogP contribution in [-0.4, -0.2) is 31.8 Å². The first-order valence-electron chi connectivity index (χ1n) is 7.47. The first kappa shape index (κ1) is 13.3. The summed E-state index contributed by atoms with van der Waals surface area (Å²) in [7, 11) is 0. The summed E-state index contributed by atoms with van der Waals surface area (Å²) in [6, 6.07) is 0.672. The predicted octanol–water partition coefficient (Wildman–Crippen LogP) is 1.20. The van der Waals surface area contributed by atoms with Crippen LogP contribution in [0.15, 0.2) is 23.4 Å². The van der Waals surface area contributed by atoms with E-state index in [-0.39, 0.29) is 5.69 Å². The fourth-order valence-electron chi connectivity index (χ4n) is 2.87. The van der Waals surface area contributed by atoms with Crippen molar-refractivity contribution in [2.24, 2.45) is 0 Å². The maximum atomic E-state index is 12.0. The van der Waals surface area contributed by atoms with Gasteiger partial charge in [0.25, 0.3) is 0 Å². The summed E-state index contributed by atoms with van der Waals surface area (Å²) in [4.78, 5) is 16.0. The monoisotopic (exact) mass is 275 g/mol. The molecule has 6 heteroatoms. The van der Waals surface area contributed by atoms with Crippen LogP contribution < -0.4 is 11.0 Å². The van der Waals surface area contributed by atoms with Crippen molar-refractivity contribution in [1.29, 1.82) is 0 Å². The summed E-state index contributed by atoms with van der Waals surface area (Å²) in [5.74, 6) is 0. The summed E-state index contributed by atoms with van der Waals surface area (Å²) in [5.41, 5.74) is 0.526. The van der Waals surface area contributed by atoms with Crippen LogP contribution in [0.2, 0.25) is 0 Å². The molecule has 108 valence electrons. The van der Waals surface area contributed by atoms with Gasteiger partial charge >= 0.3 is 5.69 Å². The number of rotatable bonds is 5. The van der Waals surface area contributed by atoms with Gasteiger partial charge in [0.1, 0.15) is 0 Å². The minimum Gasteiger partial charge on any atom is -0.314 e. The molecule has 2 heterocycles. The molecule has 1 saturated carbocycles. The topological polar surface area (TPSA) is 64.2 Å². The Labute approximate surface area is 117 Å². The van der Waals surface area contributed by atoms with E-state index < -0.39 is 0 Å². The second kappa shape index (κ2) is 6.17. The van der Waals surface area contributed by atoms with Crippen LogP contribution in [0.3, 0.4) is 0 Å². The van der Waals surface area contributed by atoms with Crippen LogP contribution in [0.5, 0.6) is 0 Å². The molecule has 1 aliphatic rings. The van der Waals surface area contributed by atoms with Crippen LogP contribution in [0.25, 0.3) is 5.65 Å². The number of hydrogen-bond donors (Lipinski definition) is 1. The largest absolute Gasteiger partial charge is 0.350 e. The van der Waals surface area contributed by atoms with Crippen molar-refractivity contribution in [2.45, 2.75) is 51.1 Å². The van der Waals surface area contributed by atoms with Gasteiger partial charge in [0.2, 0.25) is 0 Å². The zero-order chi connectivity index (χ0) is 13.8. The first-order chi connectivity index (χ1) is 9.84. The molecule has 2 aromatic heterocycles. The average molecular weight is 275 g/mol. The maximum Gasteiger partial charge on any atom is 0.350 e.